The minimum absolute atomic E-state index is 0.0766. The molecule has 1 aromatic carbocycles. The van der Waals surface area contributed by atoms with Gasteiger partial charge in [-0.3, -0.25) is 9.59 Å². The van der Waals surface area contributed by atoms with Crippen molar-refractivity contribution >= 4 is 11.8 Å². The fraction of sp³-hybridized carbons (Fsp3) is 0.522. The number of benzene rings is 1. The maximum atomic E-state index is 12.8. The number of hydrogen-bond donors (Lipinski definition) is 1. The van der Waals surface area contributed by atoms with E-state index in [2.05, 4.69) is 10.4 Å². The smallest absolute Gasteiger partial charge is 0.227 e. The first-order valence-corrected chi connectivity index (χ1v) is 10.9. The van der Waals surface area contributed by atoms with Crippen molar-refractivity contribution in [2.45, 2.75) is 57.4 Å². The topological polar surface area (TPSA) is 67.2 Å². The Balaban J connectivity index is 1.31. The SMILES string of the molecule is O=C(NC1CCCCC1)C1CCCN(C(=O)Cc2cnn(-c3ccccc3)c2)C1. The van der Waals surface area contributed by atoms with E-state index in [1.807, 2.05) is 41.4 Å². The zero-order chi connectivity index (χ0) is 20.1. The Morgan fingerprint density at radius 3 is 2.62 bits per heavy atom. The summed E-state index contributed by atoms with van der Waals surface area (Å²) in [6.45, 7) is 1.27. The second kappa shape index (κ2) is 9.25. The van der Waals surface area contributed by atoms with Crippen LogP contribution in [0.2, 0.25) is 0 Å². The van der Waals surface area contributed by atoms with Crippen LogP contribution in [0.25, 0.3) is 5.69 Å². The zero-order valence-electron chi connectivity index (χ0n) is 16.9. The number of carbonyl (C=O) groups is 2. The molecule has 1 N–H and O–H groups in total. The average Bonchev–Trinajstić information content (AvgIpc) is 3.23. The van der Waals surface area contributed by atoms with Crippen molar-refractivity contribution in [2.24, 2.45) is 5.92 Å². The molecule has 1 saturated carbocycles. The van der Waals surface area contributed by atoms with E-state index in [0.29, 0.717) is 19.0 Å². The lowest BCUT2D eigenvalue weighted by Crippen LogP contribution is -2.48. The van der Waals surface area contributed by atoms with E-state index in [0.717, 1.165) is 43.5 Å². The minimum atomic E-state index is -0.0818. The fourth-order valence-electron chi connectivity index (χ4n) is 4.44. The Hall–Kier alpha value is -2.63. The Labute approximate surface area is 172 Å². The van der Waals surface area contributed by atoms with Gasteiger partial charge < -0.3 is 10.2 Å². The van der Waals surface area contributed by atoms with Gasteiger partial charge in [-0.1, -0.05) is 37.5 Å². The van der Waals surface area contributed by atoms with Gasteiger partial charge in [0, 0.05) is 25.3 Å². The van der Waals surface area contributed by atoms with Gasteiger partial charge in [0.05, 0.1) is 24.2 Å². The van der Waals surface area contributed by atoms with Gasteiger partial charge in [0.1, 0.15) is 0 Å². The molecule has 29 heavy (non-hydrogen) atoms. The van der Waals surface area contributed by atoms with Gasteiger partial charge in [-0.2, -0.15) is 5.10 Å². The summed E-state index contributed by atoms with van der Waals surface area (Å²) in [5, 5.41) is 7.60. The first kappa shape index (κ1) is 19.7. The van der Waals surface area contributed by atoms with Crippen LogP contribution in [0.15, 0.2) is 42.7 Å². The molecule has 1 aliphatic carbocycles. The summed E-state index contributed by atoms with van der Waals surface area (Å²) in [6.07, 6.45) is 11.6. The molecule has 0 spiro atoms. The van der Waals surface area contributed by atoms with Crippen LogP contribution in [0.4, 0.5) is 0 Å². The number of amides is 2. The van der Waals surface area contributed by atoms with Crippen molar-refractivity contribution in [3.8, 4) is 5.69 Å². The van der Waals surface area contributed by atoms with Crippen LogP contribution in [0, 0.1) is 5.92 Å². The molecule has 2 heterocycles. The van der Waals surface area contributed by atoms with Gasteiger partial charge in [-0.15, -0.1) is 0 Å². The zero-order valence-corrected chi connectivity index (χ0v) is 16.9. The number of nitrogens with zero attached hydrogens (tertiary/aromatic N) is 3. The molecule has 1 unspecified atom stereocenters. The van der Waals surface area contributed by atoms with Crippen LogP contribution in [0.5, 0.6) is 0 Å². The number of piperidine rings is 1. The van der Waals surface area contributed by atoms with Crippen molar-refractivity contribution in [2.75, 3.05) is 13.1 Å². The van der Waals surface area contributed by atoms with Crippen LogP contribution in [0.3, 0.4) is 0 Å². The summed E-state index contributed by atoms with van der Waals surface area (Å²) >= 11 is 0. The lowest BCUT2D eigenvalue weighted by molar-refractivity contribution is -0.135. The highest BCUT2D eigenvalue weighted by Gasteiger charge is 2.29. The molecular formula is C23H30N4O2. The highest BCUT2D eigenvalue weighted by atomic mass is 16.2. The van der Waals surface area contributed by atoms with Crippen LogP contribution in [-0.2, 0) is 16.0 Å². The number of carbonyl (C=O) groups excluding carboxylic acids is 2. The number of nitrogens with one attached hydrogen (secondary N) is 1. The molecule has 1 aliphatic heterocycles. The van der Waals surface area contributed by atoms with Crippen molar-refractivity contribution < 1.29 is 9.59 Å². The maximum absolute atomic E-state index is 12.8. The van der Waals surface area contributed by atoms with E-state index >= 15 is 0 Å². The van der Waals surface area contributed by atoms with E-state index in [4.69, 9.17) is 0 Å². The molecular weight excluding hydrogens is 364 g/mol. The highest BCUT2D eigenvalue weighted by molar-refractivity contribution is 5.82. The first-order valence-electron chi connectivity index (χ1n) is 10.9. The molecule has 0 bridgehead atoms. The van der Waals surface area contributed by atoms with Gasteiger partial charge in [0.15, 0.2) is 0 Å². The van der Waals surface area contributed by atoms with Crippen molar-refractivity contribution in [1.82, 2.24) is 20.0 Å². The third-order valence-corrected chi connectivity index (χ3v) is 6.11. The van der Waals surface area contributed by atoms with Crippen LogP contribution >= 0.6 is 0 Å². The monoisotopic (exact) mass is 394 g/mol. The van der Waals surface area contributed by atoms with Crippen molar-refractivity contribution in [3.05, 3.63) is 48.3 Å². The van der Waals surface area contributed by atoms with Gasteiger partial charge in [0.2, 0.25) is 11.8 Å². The van der Waals surface area contributed by atoms with E-state index in [-0.39, 0.29) is 17.7 Å². The van der Waals surface area contributed by atoms with Gasteiger partial charge >= 0.3 is 0 Å². The molecule has 154 valence electrons. The Bertz CT molecular complexity index is 826. The summed E-state index contributed by atoms with van der Waals surface area (Å²) in [4.78, 5) is 27.4. The Morgan fingerprint density at radius 2 is 1.83 bits per heavy atom. The molecule has 1 atom stereocenters. The molecule has 2 aromatic rings. The quantitative estimate of drug-likeness (QED) is 0.847. The Morgan fingerprint density at radius 1 is 1.03 bits per heavy atom. The number of rotatable bonds is 5. The standard InChI is InChI=1S/C23H30N4O2/c28-22(14-18-15-24-27(16-18)21-11-5-2-6-12-21)26-13-7-8-19(17-26)23(29)25-20-9-3-1-4-10-20/h2,5-6,11-12,15-16,19-20H,1,3-4,7-10,13-14,17H2,(H,25,29). The first-order chi connectivity index (χ1) is 14.2. The molecule has 2 amide bonds. The van der Waals surface area contributed by atoms with Crippen LogP contribution < -0.4 is 5.32 Å². The van der Waals surface area contributed by atoms with E-state index < -0.39 is 0 Å². The maximum Gasteiger partial charge on any atom is 0.227 e. The summed E-state index contributed by atoms with van der Waals surface area (Å²) in [5.41, 5.74) is 1.87. The Kier molecular flexibility index (Phi) is 6.27. The third-order valence-electron chi connectivity index (χ3n) is 6.11. The fourth-order valence-corrected chi connectivity index (χ4v) is 4.44. The normalized spacial score (nSPS) is 20.4. The van der Waals surface area contributed by atoms with Gasteiger partial charge in [0.25, 0.3) is 0 Å². The third kappa shape index (κ3) is 5.05. The molecule has 1 saturated heterocycles. The molecule has 2 aliphatic rings. The van der Waals surface area contributed by atoms with E-state index in [1.165, 1.54) is 19.3 Å². The number of para-hydroxylation sites is 1. The number of hydrogen-bond acceptors (Lipinski definition) is 3. The predicted molar refractivity (Wildman–Crippen MR) is 112 cm³/mol. The molecule has 6 heteroatoms. The van der Waals surface area contributed by atoms with Crippen LogP contribution in [0.1, 0.15) is 50.5 Å². The molecule has 6 nitrogen and oxygen atoms in total. The van der Waals surface area contributed by atoms with Gasteiger partial charge in [-0.05, 0) is 43.4 Å². The summed E-state index contributed by atoms with van der Waals surface area (Å²) < 4.78 is 1.79. The van der Waals surface area contributed by atoms with E-state index in [1.54, 1.807) is 10.9 Å². The number of aromatic nitrogens is 2. The molecule has 2 fully saturated rings. The number of likely N-dealkylation sites (tertiary alicyclic amines) is 1. The predicted octanol–water partition coefficient (Wildman–Crippen LogP) is 3.10. The summed E-state index contributed by atoms with van der Waals surface area (Å²) in [6, 6.07) is 10.2. The minimum Gasteiger partial charge on any atom is -0.353 e. The lowest BCUT2D eigenvalue weighted by Gasteiger charge is -2.33. The lowest BCUT2D eigenvalue weighted by atomic mass is 9.93. The summed E-state index contributed by atoms with van der Waals surface area (Å²) in [5.74, 6) is 0.126. The molecule has 1 aromatic heterocycles. The molecule has 0 radical (unpaired) electrons. The second-order valence-corrected chi connectivity index (χ2v) is 8.33. The largest absolute Gasteiger partial charge is 0.353 e. The van der Waals surface area contributed by atoms with E-state index in [9.17, 15) is 9.59 Å². The second-order valence-electron chi connectivity index (χ2n) is 8.33. The highest BCUT2D eigenvalue weighted by Crippen LogP contribution is 2.21. The van der Waals surface area contributed by atoms with Crippen molar-refractivity contribution in [1.29, 1.82) is 0 Å². The molecule has 4 rings (SSSR count). The summed E-state index contributed by atoms with van der Waals surface area (Å²) in [7, 11) is 0. The average molecular weight is 395 g/mol. The van der Waals surface area contributed by atoms with Crippen LogP contribution in [-0.4, -0.2) is 45.6 Å². The van der Waals surface area contributed by atoms with Crippen molar-refractivity contribution in [3.63, 3.8) is 0 Å². The van der Waals surface area contributed by atoms with Gasteiger partial charge in [-0.25, -0.2) is 4.68 Å².